The molecule has 0 bridgehead atoms. The van der Waals surface area contributed by atoms with Crippen molar-refractivity contribution in [3.8, 4) is 0 Å². The second-order valence-electron chi connectivity index (χ2n) is 4.14. The van der Waals surface area contributed by atoms with Gasteiger partial charge in [-0.25, -0.2) is 0 Å². The van der Waals surface area contributed by atoms with Gasteiger partial charge in [0.1, 0.15) is 0 Å². The molecule has 2 rings (SSSR count). The van der Waals surface area contributed by atoms with E-state index in [9.17, 15) is 0 Å². The van der Waals surface area contributed by atoms with E-state index in [2.05, 4.69) is 51.1 Å². The fourth-order valence-electron chi connectivity index (χ4n) is 1.98. The first kappa shape index (κ1) is 14.1. The van der Waals surface area contributed by atoms with Crippen LogP contribution >= 0.6 is 38.9 Å². The first-order chi connectivity index (χ1) is 8.65. The van der Waals surface area contributed by atoms with Gasteiger partial charge in [-0.2, -0.15) is 11.3 Å². The van der Waals surface area contributed by atoms with Gasteiger partial charge in [-0.05, 0) is 51.5 Å². The van der Waals surface area contributed by atoms with Gasteiger partial charge in [-0.15, -0.1) is 0 Å². The van der Waals surface area contributed by atoms with E-state index in [0.717, 1.165) is 27.2 Å². The molecule has 1 aromatic heterocycles. The Kier molecular flexibility index (Phi) is 4.84. The largest absolute Gasteiger partial charge is 0.306 e. The zero-order valence-electron chi connectivity index (χ0n) is 10.3. The Morgan fingerprint density at radius 1 is 1.33 bits per heavy atom. The maximum Gasteiger partial charge on any atom is 0.0610 e. The van der Waals surface area contributed by atoms with E-state index in [1.165, 1.54) is 5.56 Å². The summed E-state index contributed by atoms with van der Waals surface area (Å²) in [6.07, 6.45) is 0. The molecular formula is C14H15BrClNS. The normalized spacial score (nSPS) is 12.7. The van der Waals surface area contributed by atoms with Crippen molar-refractivity contribution in [3.05, 3.63) is 55.1 Å². The average molecular weight is 345 g/mol. The number of hydrogen-bond acceptors (Lipinski definition) is 2. The molecule has 1 nitrogen and oxygen atoms in total. The Hall–Kier alpha value is -0.350. The van der Waals surface area contributed by atoms with E-state index < -0.39 is 0 Å². The monoisotopic (exact) mass is 343 g/mol. The molecule has 0 aliphatic carbocycles. The fraction of sp³-hybridized carbons (Fsp3) is 0.286. The van der Waals surface area contributed by atoms with Gasteiger partial charge in [0.05, 0.1) is 6.04 Å². The van der Waals surface area contributed by atoms with E-state index in [-0.39, 0.29) is 6.04 Å². The van der Waals surface area contributed by atoms with Crippen molar-refractivity contribution in [1.82, 2.24) is 5.32 Å². The van der Waals surface area contributed by atoms with Crippen molar-refractivity contribution in [3.63, 3.8) is 0 Å². The molecule has 0 aliphatic heterocycles. The van der Waals surface area contributed by atoms with Crippen LogP contribution in [0.3, 0.4) is 0 Å². The fourth-order valence-corrected chi connectivity index (χ4v) is 3.77. The Labute approximate surface area is 125 Å². The van der Waals surface area contributed by atoms with Gasteiger partial charge in [-0.1, -0.05) is 36.7 Å². The maximum absolute atomic E-state index is 6.44. The summed E-state index contributed by atoms with van der Waals surface area (Å²) in [5, 5.41) is 8.61. The molecule has 1 atom stereocenters. The van der Waals surface area contributed by atoms with E-state index in [1.807, 2.05) is 13.0 Å². The second kappa shape index (κ2) is 6.20. The smallest absolute Gasteiger partial charge is 0.0610 e. The van der Waals surface area contributed by atoms with Gasteiger partial charge in [0.25, 0.3) is 0 Å². The highest BCUT2D eigenvalue weighted by atomic mass is 79.9. The molecule has 1 aromatic carbocycles. The summed E-state index contributed by atoms with van der Waals surface area (Å²) in [5.41, 5.74) is 3.50. The number of aryl methyl sites for hydroxylation is 1. The van der Waals surface area contributed by atoms with Crippen LogP contribution < -0.4 is 5.32 Å². The molecule has 1 N–H and O–H groups in total. The highest BCUT2D eigenvalue weighted by Crippen LogP contribution is 2.35. The minimum absolute atomic E-state index is 0.142. The molecule has 1 heterocycles. The third kappa shape index (κ3) is 2.80. The van der Waals surface area contributed by atoms with Crippen molar-refractivity contribution in [2.45, 2.75) is 19.9 Å². The number of thiophene rings is 1. The van der Waals surface area contributed by atoms with Crippen LogP contribution in [0, 0.1) is 6.92 Å². The molecule has 2 aromatic rings. The van der Waals surface area contributed by atoms with E-state index >= 15 is 0 Å². The summed E-state index contributed by atoms with van der Waals surface area (Å²) in [6.45, 7) is 5.05. The first-order valence-electron chi connectivity index (χ1n) is 5.85. The van der Waals surface area contributed by atoms with Gasteiger partial charge in [0, 0.05) is 14.9 Å². The summed E-state index contributed by atoms with van der Waals surface area (Å²) in [7, 11) is 0. The third-order valence-electron chi connectivity index (χ3n) is 2.89. The van der Waals surface area contributed by atoms with Crippen LogP contribution in [0.5, 0.6) is 0 Å². The van der Waals surface area contributed by atoms with Crippen LogP contribution in [-0.4, -0.2) is 6.54 Å². The summed E-state index contributed by atoms with van der Waals surface area (Å²) in [6, 6.07) is 6.33. The van der Waals surface area contributed by atoms with E-state index in [0.29, 0.717) is 0 Å². The Bertz CT molecular complexity index is 538. The van der Waals surface area contributed by atoms with Crippen LogP contribution in [0.2, 0.25) is 5.02 Å². The van der Waals surface area contributed by atoms with Gasteiger partial charge < -0.3 is 5.32 Å². The molecule has 0 saturated carbocycles. The van der Waals surface area contributed by atoms with E-state index in [1.54, 1.807) is 11.3 Å². The summed E-state index contributed by atoms with van der Waals surface area (Å²) in [5.74, 6) is 0. The lowest BCUT2D eigenvalue weighted by atomic mass is 9.99. The average Bonchev–Trinajstić information content (AvgIpc) is 2.76. The molecular weight excluding hydrogens is 330 g/mol. The second-order valence-corrected chi connectivity index (χ2v) is 6.12. The Morgan fingerprint density at radius 3 is 2.72 bits per heavy atom. The molecule has 4 heteroatoms. The number of halogens is 2. The number of hydrogen-bond donors (Lipinski definition) is 1. The molecule has 18 heavy (non-hydrogen) atoms. The minimum Gasteiger partial charge on any atom is -0.306 e. The Morgan fingerprint density at radius 2 is 2.11 bits per heavy atom. The van der Waals surface area contributed by atoms with Crippen molar-refractivity contribution in [2.75, 3.05) is 6.54 Å². The highest BCUT2D eigenvalue weighted by Gasteiger charge is 2.19. The van der Waals surface area contributed by atoms with Crippen LogP contribution in [0.25, 0.3) is 0 Å². The zero-order chi connectivity index (χ0) is 13.1. The summed E-state index contributed by atoms with van der Waals surface area (Å²) in [4.78, 5) is 0. The predicted octanol–water partition coefficient (Wildman–Crippen LogP) is 5.17. The molecule has 0 fully saturated rings. The van der Waals surface area contributed by atoms with Crippen LogP contribution in [0.4, 0.5) is 0 Å². The molecule has 0 aliphatic rings. The van der Waals surface area contributed by atoms with Gasteiger partial charge >= 0.3 is 0 Å². The Balaban J connectivity index is 2.48. The van der Waals surface area contributed by atoms with E-state index in [4.69, 9.17) is 11.6 Å². The van der Waals surface area contributed by atoms with Crippen molar-refractivity contribution < 1.29 is 0 Å². The molecule has 0 spiro atoms. The van der Waals surface area contributed by atoms with Crippen LogP contribution in [-0.2, 0) is 0 Å². The quantitative estimate of drug-likeness (QED) is 0.806. The number of rotatable bonds is 4. The lowest BCUT2D eigenvalue weighted by molar-refractivity contribution is 0.630. The maximum atomic E-state index is 6.44. The van der Waals surface area contributed by atoms with Crippen molar-refractivity contribution in [2.24, 2.45) is 0 Å². The van der Waals surface area contributed by atoms with Crippen molar-refractivity contribution >= 4 is 38.9 Å². The molecule has 0 saturated heterocycles. The standard InChI is InChI=1S/C14H15BrClNS/c1-3-17-14(11-7-18-8-12(11)15)10-6-4-5-9(2)13(10)16/h4-8,14,17H,3H2,1-2H3. The molecule has 96 valence electrons. The zero-order valence-corrected chi connectivity index (χ0v) is 13.5. The predicted molar refractivity (Wildman–Crippen MR) is 83.7 cm³/mol. The topological polar surface area (TPSA) is 12.0 Å². The first-order valence-corrected chi connectivity index (χ1v) is 7.96. The third-order valence-corrected chi connectivity index (χ3v) is 5.16. The molecule has 0 amide bonds. The number of nitrogens with one attached hydrogen (secondary N) is 1. The SMILES string of the molecule is CCNC(c1cscc1Br)c1cccc(C)c1Cl. The summed E-state index contributed by atoms with van der Waals surface area (Å²) < 4.78 is 1.14. The van der Waals surface area contributed by atoms with Gasteiger partial charge in [-0.3, -0.25) is 0 Å². The highest BCUT2D eigenvalue weighted by molar-refractivity contribution is 9.10. The summed E-state index contributed by atoms with van der Waals surface area (Å²) >= 11 is 11.7. The number of benzene rings is 1. The molecule has 0 radical (unpaired) electrons. The van der Waals surface area contributed by atoms with Gasteiger partial charge in [0.15, 0.2) is 0 Å². The lowest BCUT2D eigenvalue weighted by Gasteiger charge is -2.20. The van der Waals surface area contributed by atoms with Gasteiger partial charge in [0.2, 0.25) is 0 Å². The van der Waals surface area contributed by atoms with Crippen molar-refractivity contribution in [1.29, 1.82) is 0 Å². The molecule has 1 unspecified atom stereocenters. The van der Waals surface area contributed by atoms with Crippen LogP contribution in [0.15, 0.2) is 33.4 Å². The van der Waals surface area contributed by atoms with Crippen LogP contribution in [0.1, 0.15) is 29.7 Å². The lowest BCUT2D eigenvalue weighted by Crippen LogP contribution is -2.22. The minimum atomic E-state index is 0.142.